The van der Waals surface area contributed by atoms with Gasteiger partial charge in [0, 0.05) is 5.56 Å². The first-order valence-corrected chi connectivity index (χ1v) is 5.64. The molecule has 0 aliphatic heterocycles. The molecular weight excluding hydrogens is 208 g/mol. The summed E-state index contributed by atoms with van der Waals surface area (Å²) >= 11 is 0. The molecule has 0 unspecified atom stereocenters. The molecule has 2 nitrogen and oxygen atoms in total. The zero-order chi connectivity index (χ0) is 12.3. The Bertz CT molecular complexity index is 527. The molecule has 0 amide bonds. The lowest BCUT2D eigenvalue weighted by Gasteiger charge is -2.05. The Kier molecular flexibility index (Phi) is 3.24. The second-order valence-electron chi connectivity index (χ2n) is 4.28. The highest BCUT2D eigenvalue weighted by Crippen LogP contribution is 2.12. The standard InChI is InChI=1S/C15H16N2/c1-11-5-7-12(8-6-11)9-13-3-2-4-14(10-13)15(16)17/h2-8,10H,9H2,1H3,(H3,16,17). The normalized spacial score (nSPS) is 10.2. The maximum atomic E-state index is 7.42. The average molecular weight is 224 g/mol. The van der Waals surface area contributed by atoms with Crippen LogP contribution < -0.4 is 5.73 Å². The summed E-state index contributed by atoms with van der Waals surface area (Å²) in [5.74, 6) is 0.121. The Labute approximate surface area is 102 Å². The maximum Gasteiger partial charge on any atom is 0.122 e. The second kappa shape index (κ2) is 4.83. The summed E-state index contributed by atoms with van der Waals surface area (Å²) in [6.45, 7) is 2.08. The molecule has 0 aliphatic rings. The van der Waals surface area contributed by atoms with Crippen LogP contribution in [0.15, 0.2) is 48.5 Å². The molecule has 0 bridgehead atoms. The Balaban J connectivity index is 2.21. The van der Waals surface area contributed by atoms with Gasteiger partial charge < -0.3 is 5.73 Å². The molecule has 0 atom stereocenters. The SMILES string of the molecule is Cc1ccc(Cc2cccc(C(=N)N)c2)cc1. The first kappa shape index (κ1) is 11.4. The van der Waals surface area contributed by atoms with Gasteiger partial charge in [-0.25, -0.2) is 0 Å². The molecule has 2 heteroatoms. The van der Waals surface area contributed by atoms with Crippen LogP contribution in [0.2, 0.25) is 0 Å². The molecule has 3 N–H and O–H groups in total. The predicted octanol–water partition coefficient (Wildman–Crippen LogP) is 2.87. The van der Waals surface area contributed by atoms with Crippen LogP contribution >= 0.6 is 0 Å². The number of nitrogen functional groups attached to an aromatic ring is 1. The average Bonchev–Trinajstić information content (AvgIpc) is 2.32. The molecule has 86 valence electrons. The monoisotopic (exact) mass is 224 g/mol. The minimum atomic E-state index is 0.121. The van der Waals surface area contributed by atoms with Crippen molar-refractivity contribution < 1.29 is 0 Å². The molecule has 0 heterocycles. The molecule has 0 fully saturated rings. The van der Waals surface area contributed by atoms with Gasteiger partial charge in [0.15, 0.2) is 0 Å². The number of rotatable bonds is 3. The van der Waals surface area contributed by atoms with Gasteiger partial charge >= 0.3 is 0 Å². The van der Waals surface area contributed by atoms with Crippen LogP contribution in [0.25, 0.3) is 0 Å². The zero-order valence-electron chi connectivity index (χ0n) is 9.90. The Morgan fingerprint density at radius 1 is 1.06 bits per heavy atom. The molecule has 0 saturated carbocycles. The molecule has 2 rings (SSSR count). The zero-order valence-corrected chi connectivity index (χ0v) is 9.90. The molecule has 0 aromatic heterocycles. The van der Waals surface area contributed by atoms with Crippen LogP contribution in [-0.4, -0.2) is 5.84 Å². The van der Waals surface area contributed by atoms with Gasteiger partial charge in [-0.15, -0.1) is 0 Å². The summed E-state index contributed by atoms with van der Waals surface area (Å²) in [5, 5.41) is 7.42. The lowest BCUT2D eigenvalue weighted by atomic mass is 10.0. The van der Waals surface area contributed by atoms with Gasteiger partial charge in [0.2, 0.25) is 0 Å². The quantitative estimate of drug-likeness (QED) is 0.611. The highest BCUT2D eigenvalue weighted by atomic mass is 14.7. The van der Waals surface area contributed by atoms with E-state index in [1.54, 1.807) is 0 Å². The predicted molar refractivity (Wildman–Crippen MR) is 71.4 cm³/mol. The third-order valence-electron chi connectivity index (χ3n) is 2.77. The van der Waals surface area contributed by atoms with Crippen molar-refractivity contribution in [2.75, 3.05) is 0 Å². The van der Waals surface area contributed by atoms with Crippen LogP contribution in [0.3, 0.4) is 0 Å². The van der Waals surface area contributed by atoms with E-state index >= 15 is 0 Å². The molecule has 2 aromatic rings. The summed E-state index contributed by atoms with van der Waals surface area (Å²) in [6, 6.07) is 16.3. The van der Waals surface area contributed by atoms with Gasteiger partial charge in [-0.2, -0.15) is 0 Å². The van der Waals surface area contributed by atoms with Crippen LogP contribution in [0.5, 0.6) is 0 Å². The molecule has 0 saturated heterocycles. The smallest absolute Gasteiger partial charge is 0.122 e. The number of aryl methyl sites for hydroxylation is 1. The van der Waals surface area contributed by atoms with Crippen molar-refractivity contribution in [3.63, 3.8) is 0 Å². The van der Waals surface area contributed by atoms with Crippen molar-refractivity contribution in [2.45, 2.75) is 13.3 Å². The van der Waals surface area contributed by atoms with Crippen molar-refractivity contribution >= 4 is 5.84 Å². The van der Waals surface area contributed by atoms with Crippen LogP contribution in [0, 0.1) is 12.3 Å². The summed E-state index contributed by atoms with van der Waals surface area (Å²) in [5.41, 5.74) is 9.99. The minimum Gasteiger partial charge on any atom is -0.384 e. The molecule has 0 spiro atoms. The van der Waals surface area contributed by atoms with Crippen molar-refractivity contribution in [3.8, 4) is 0 Å². The van der Waals surface area contributed by atoms with E-state index in [9.17, 15) is 0 Å². The summed E-state index contributed by atoms with van der Waals surface area (Å²) in [4.78, 5) is 0. The van der Waals surface area contributed by atoms with Crippen molar-refractivity contribution in [3.05, 3.63) is 70.8 Å². The maximum absolute atomic E-state index is 7.42. The van der Waals surface area contributed by atoms with E-state index in [-0.39, 0.29) is 5.84 Å². The van der Waals surface area contributed by atoms with E-state index in [1.165, 1.54) is 16.7 Å². The van der Waals surface area contributed by atoms with Crippen molar-refractivity contribution in [2.24, 2.45) is 5.73 Å². The highest BCUT2D eigenvalue weighted by molar-refractivity contribution is 5.95. The Hall–Kier alpha value is -2.09. The first-order valence-electron chi connectivity index (χ1n) is 5.64. The number of amidine groups is 1. The number of nitrogens with two attached hydrogens (primary N) is 1. The largest absolute Gasteiger partial charge is 0.384 e. The lowest BCUT2D eigenvalue weighted by Crippen LogP contribution is -2.11. The third-order valence-corrected chi connectivity index (χ3v) is 2.77. The van der Waals surface area contributed by atoms with Gasteiger partial charge in [-0.1, -0.05) is 48.0 Å². The molecule has 0 aliphatic carbocycles. The first-order chi connectivity index (χ1) is 8.15. The third kappa shape index (κ3) is 2.94. The van der Waals surface area contributed by atoms with Gasteiger partial charge in [0.25, 0.3) is 0 Å². The Morgan fingerprint density at radius 3 is 2.41 bits per heavy atom. The second-order valence-corrected chi connectivity index (χ2v) is 4.28. The minimum absolute atomic E-state index is 0.121. The van der Waals surface area contributed by atoms with E-state index in [1.807, 2.05) is 18.2 Å². The van der Waals surface area contributed by atoms with Crippen LogP contribution in [0.4, 0.5) is 0 Å². The van der Waals surface area contributed by atoms with E-state index in [0.29, 0.717) is 0 Å². The number of benzene rings is 2. The summed E-state index contributed by atoms with van der Waals surface area (Å²) in [7, 11) is 0. The van der Waals surface area contributed by atoms with Gasteiger partial charge in [-0.3, -0.25) is 5.41 Å². The molecule has 0 radical (unpaired) electrons. The fraction of sp³-hybridized carbons (Fsp3) is 0.133. The van der Waals surface area contributed by atoms with Gasteiger partial charge in [0.1, 0.15) is 5.84 Å². The topological polar surface area (TPSA) is 49.9 Å². The number of hydrogen-bond acceptors (Lipinski definition) is 1. The molecule has 17 heavy (non-hydrogen) atoms. The lowest BCUT2D eigenvalue weighted by molar-refractivity contribution is 1.18. The van der Waals surface area contributed by atoms with Crippen molar-refractivity contribution in [1.29, 1.82) is 5.41 Å². The van der Waals surface area contributed by atoms with Crippen LogP contribution in [-0.2, 0) is 6.42 Å². The van der Waals surface area contributed by atoms with E-state index in [0.717, 1.165) is 12.0 Å². The van der Waals surface area contributed by atoms with Crippen molar-refractivity contribution in [1.82, 2.24) is 0 Å². The van der Waals surface area contributed by atoms with Crippen LogP contribution in [0.1, 0.15) is 22.3 Å². The van der Waals surface area contributed by atoms with E-state index in [2.05, 4.69) is 37.3 Å². The number of hydrogen-bond donors (Lipinski definition) is 2. The van der Waals surface area contributed by atoms with Gasteiger partial charge in [0.05, 0.1) is 0 Å². The van der Waals surface area contributed by atoms with E-state index in [4.69, 9.17) is 11.1 Å². The highest BCUT2D eigenvalue weighted by Gasteiger charge is 2.00. The number of nitrogens with one attached hydrogen (secondary N) is 1. The summed E-state index contributed by atoms with van der Waals surface area (Å²) < 4.78 is 0. The fourth-order valence-corrected chi connectivity index (χ4v) is 1.79. The Morgan fingerprint density at radius 2 is 1.76 bits per heavy atom. The van der Waals surface area contributed by atoms with E-state index < -0.39 is 0 Å². The molecule has 2 aromatic carbocycles. The summed E-state index contributed by atoms with van der Waals surface area (Å²) in [6.07, 6.45) is 0.876. The van der Waals surface area contributed by atoms with Gasteiger partial charge in [-0.05, 0) is 30.5 Å². The molecular formula is C15H16N2. The fourth-order valence-electron chi connectivity index (χ4n) is 1.79.